The van der Waals surface area contributed by atoms with Crippen LogP contribution in [0.3, 0.4) is 0 Å². The largest absolute Gasteiger partial charge is 0.480 e. The van der Waals surface area contributed by atoms with Gasteiger partial charge in [-0.1, -0.05) is 0 Å². The summed E-state index contributed by atoms with van der Waals surface area (Å²) in [6.07, 6.45) is 0. The average molecular weight is 197 g/mol. The molecule has 2 atom stereocenters. The average Bonchev–Trinajstić information content (AvgIpc) is 1.85. The maximum absolute atomic E-state index is 10.6. The Kier molecular flexibility index (Phi) is 4.41. The van der Waals surface area contributed by atoms with Gasteiger partial charge < -0.3 is 19.8 Å². The van der Waals surface area contributed by atoms with Gasteiger partial charge in [-0.3, -0.25) is 9.36 Å². The summed E-state index contributed by atoms with van der Waals surface area (Å²) in [5, 5.41) is 10.9. The third kappa shape index (κ3) is 5.26. The number of hydrogen-bond acceptors (Lipinski definition) is 4. The molecule has 12 heavy (non-hydrogen) atoms. The smallest absolute Gasteiger partial charge is 0.325 e. The molecule has 0 saturated carbocycles. The minimum atomic E-state index is -3.58. The third-order valence-electron chi connectivity index (χ3n) is 1.13. The molecule has 0 aromatic carbocycles. The van der Waals surface area contributed by atoms with Crippen molar-refractivity contribution in [3.63, 3.8) is 0 Å². The van der Waals surface area contributed by atoms with Crippen LogP contribution < -0.4 is 5.32 Å². The van der Waals surface area contributed by atoms with Gasteiger partial charge in [-0.2, -0.15) is 0 Å². The third-order valence-corrected chi connectivity index (χ3v) is 1.76. The second kappa shape index (κ2) is 4.57. The summed E-state index contributed by atoms with van der Waals surface area (Å²) in [6, 6.07) is -0.953. The lowest BCUT2D eigenvalue weighted by Gasteiger charge is -2.12. The molecule has 0 saturated heterocycles. The molecular weight excluding hydrogens is 185 g/mol. The van der Waals surface area contributed by atoms with Gasteiger partial charge in [0.15, 0.2) is 0 Å². The molecule has 0 aliphatic heterocycles. The molecule has 0 heterocycles. The number of rotatable bonds is 5. The van der Waals surface area contributed by atoms with E-state index < -0.39 is 19.6 Å². The van der Waals surface area contributed by atoms with Crippen molar-refractivity contribution < 1.29 is 23.9 Å². The quantitative estimate of drug-likeness (QED) is 0.514. The highest BCUT2D eigenvalue weighted by molar-refractivity contribution is 7.51. The number of hydrogen-bond donors (Lipinski definition) is 3. The predicted molar refractivity (Wildman–Crippen MR) is 42.2 cm³/mol. The second-order valence-corrected chi connectivity index (χ2v) is 4.14. The van der Waals surface area contributed by atoms with Crippen LogP contribution >= 0.6 is 7.60 Å². The van der Waals surface area contributed by atoms with Gasteiger partial charge in [0.05, 0.1) is 6.61 Å². The van der Waals surface area contributed by atoms with E-state index in [1.54, 1.807) is 0 Å². The Balaban J connectivity index is 3.90. The van der Waals surface area contributed by atoms with Crippen molar-refractivity contribution in [3.8, 4) is 0 Å². The van der Waals surface area contributed by atoms with Crippen LogP contribution in [-0.2, 0) is 13.9 Å². The summed E-state index contributed by atoms with van der Waals surface area (Å²) in [4.78, 5) is 19.0. The van der Waals surface area contributed by atoms with Crippen molar-refractivity contribution in [1.82, 2.24) is 5.32 Å². The Morgan fingerprint density at radius 1 is 1.75 bits per heavy atom. The Labute approximate surface area is 70.1 Å². The number of carbonyl (C=O) groups is 1. The molecule has 6 nitrogen and oxygen atoms in total. The van der Waals surface area contributed by atoms with Crippen molar-refractivity contribution in [2.45, 2.75) is 6.04 Å². The molecule has 0 rings (SSSR count). The van der Waals surface area contributed by atoms with Gasteiger partial charge in [-0.05, 0) is 7.05 Å². The lowest BCUT2D eigenvalue weighted by molar-refractivity contribution is -0.140. The number of aliphatic carboxylic acids is 1. The van der Waals surface area contributed by atoms with Gasteiger partial charge in [0.25, 0.3) is 0 Å². The topological polar surface area (TPSA) is 95.9 Å². The van der Waals surface area contributed by atoms with Gasteiger partial charge in [-0.25, -0.2) is 0 Å². The summed E-state index contributed by atoms with van der Waals surface area (Å²) in [5.41, 5.74) is 0. The minimum Gasteiger partial charge on any atom is -0.480 e. The normalized spacial score (nSPS) is 18.2. The Hall–Kier alpha value is -0.420. The van der Waals surface area contributed by atoms with Crippen molar-refractivity contribution in [2.24, 2.45) is 0 Å². The van der Waals surface area contributed by atoms with Crippen LogP contribution in [0.25, 0.3) is 0 Å². The van der Waals surface area contributed by atoms with Crippen LogP contribution in [0.5, 0.6) is 0 Å². The summed E-state index contributed by atoms with van der Waals surface area (Å²) in [5.74, 6) is -1.12. The van der Waals surface area contributed by atoms with E-state index in [-0.39, 0.29) is 6.61 Å². The van der Waals surface area contributed by atoms with Crippen molar-refractivity contribution >= 4 is 13.6 Å². The number of likely N-dealkylation sites (N-methyl/N-ethyl adjacent to an activating group) is 1. The molecule has 0 aromatic rings. The summed E-state index contributed by atoms with van der Waals surface area (Å²) in [6.45, 7) is 0.678. The zero-order valence-electron chi connectivity index (χ0n) is 6.85. The molecule has 0 amide bonds. The van der Waals surface area contributed by atoms with Crippen LogP contribution in [0.15, 0.2) is 0 Å². The van der Waals surface area contributed by atoms with Crippen molar-refractivity contribution in [3.05, 3.63) is 0 Å². The standard InChI is InChI=1S/C5H12NO5P/c1-6-4(5(7)8)3-11-12(2,9)10/h4,6H,3H2,1-2H3,(H,7,8)(H,9,10). The Morgan fingerprint density at radius 2 is 2.25 bits per heavy atom. The van der Waals surface area contributed by atoms with Crippen LogP contribution in [0.1, 0.15) is 0 Å². The summed E-state index contributed by atoms with van der Waals surface area (Å²) in [7, 11) is -2.15. The molecule has 0 aliphatic carbocycles. The molecule has 0 aromatic heterocycles. The van der Waals surface area contributed by atoms with Crippen LogP contribution in [-0.4, -0.2) is 42.3 Å². The zero-order chi connectivity index (χ0) is 9.78. The molecule has 3 N–H and O–H groups in total. The highest BCUT2D eigenvalue weighted by Gasteiger charge is 2.19. The summed E-state index contributed by atoms with van der Waals surface area (Å²) < 4.78 is 15.0. The molecule has 0 fully saturated rings. The number of carboxylic acids is 1. The van der Waals surface area contributed by atoms with Crippen molar-refractivity contribution in [2.75, 3.05) is 20.3 Å². The van der Waals surface area contributed by atoms with Gasteiger partial charge in [0, 0.05) is 6.66 Å². The first-order valence-corrected chi connectivity index (χ1v) is 5.24. The van der Waals surface area contributed by atoms with Gasteiger partial charge in [0.1, 0.15) is 6.04 Å². The monoisotopic (exact) mass is 197 g/mol. The Morgan fingerprint density at radius 3 is 2.50 bits per heavy atom. The maximum Gasteiger partial charge on any atom is 0.325 e. The van der Waals surface area contributed by atoms with Crippen molar-refractivity contribution in [1.29, 1.82) is 0 Å². The van der Waals surface area contributed by atoms with E-state index in [0.29, 0.717) is 0 Å². The second-order valence-electron chi connectivity index (χ2n) is 2.28. The highest BCUT2D eigenvalue weighted by atomic mass is 31.2. The van der Waals surface area contributed by atoms with Crippen LogP contribution in [0.2, 0.25) is 0 Å². The molecule has 0 spiro atoms. The number of carboxylic acid groups (broad SMARTS) is 1. The number of nitrogens with one attached hydrogen (secondary N) is 1. The molecular formula is C5H12NO5P. The minimum absolute atomic E-state index is 0.323. The lowest BCUT2D eigenvalue weighted by atomic mass is 10.3. The van der Waals surface area contributed by atoms with E-state index in [9.17, 15) is 9.36 Å². The fourth-order valence-corrected chi connectivity index (χ4v) is 0.917. The molecule has 7 heteroatoms. The zero-order valence-corrected chi connectivity index (χ0v) is 7.75. The predicted octanol–water partition coefficient (Wildman–Crippen LogP) is -0.509. The van der Waals surface area contributed by atoms with Crippen LogP contribution in [0, 0.1) is 0 Å². The first-order valence-electron chi connectivity index (χ1n) is 3.21. The van der Waals surface area contributed by atoms with Gasteiger partial charge >= 0.3 is 13.6 Å². The highest BCUT2D eigenvalue weighted by Crippen LogP contribution is 2.36. The summed E-state index contributed by atoms with van der Waals surface area (Å²) >= 11 is 0. The molecule has 2 unspecified atom stereocenters. The molecule has 72 valence electrons. The Bertz CT molecular complexity index is 200. The van der Waals surface area contributed by atoms with E-state index in [0.717, 1.165) is 6.66 Å². The SMILES string of the molecule is CNC(COP(C)(=O)O)C(=O)O. The van der Waals surface area contributed by atoms with Gasteiger partial charge in [0.2, 0.25) is 0 Å². The van der Waals surface area contributed by atoms with Crippen LogP contribution in [0.4, 0.5) is 0 Å². The van der Waals surface area contributed by atoms with E-state index in [1.165, 1.54) is 7.05 Å². The first kappa shape index (κ1) is 11.6. The van der Waals surface area contributed by atoms with E-state index in [4.69, 9.17) is 10.00 Å². The van der Waals surface area contributed by atoms with E-state index in [2.05, 4.69) is 9.84 Å². The molecule has 0 aliphatic rings. The van der Waals surface area contributed by atoms with Gasteiger partial charge in [-0.15, -0.1) is 0 Å². The molecule has 0 bridgehead atoms. The first-order chi connectivity index (χ1) is 5.37. The fourth-order valence-electron chi connectivity index (χ4n) is 0.491. The fraction of sp³-hybridized carbons (Fsp3) is 0.800. The molecule has 0 radical (unpaired) electrons. The van der Waals surface area contributed by atoms with E-state index in [1.807, 2.05) is 0 Å². The lowest BCUT2D eigenvalue weighted by Crippen LogP contribution is -2.37. The maximum atomic E-state index is 10.6. The van der Waals surface area contributed by atoms with E-state index >= 15 is 0 Å².